The van der Waals surface area contributed by atoms with Gasteiger partial charge in [-0.25, -0.2) is 11.1 Å². The number of benzene rings is 3. The Labute approximate surface area is 242 Å². The van der Waals surface area contributed by atoms with Gasteiger partial charge in [-0.2, -0.15) is 0 Å². The van der Waals surface area contributed by atoms with E-state index in [0.29, 0.717) is 24.2 Å². The van der Waals surface area contributed by atoms with Crippen molar-refractivity contribution >= 4 is 10.9 Å². The van der Waals surface area contributed by atoms with E-state index in [1.807, 2.05) is 20.2 Å². The van der Waals surface area contributed by atoms with Crippen LogP contribution in [0.4, 0.5) is 0 Å². The van der Waals surface area contributed by atoms with Crippen molar-refractivity contribution in [2.24, 2.45) is 7.05 Å². The number of rotatable bonds is 7. The quantitative estimate of drug-likeness (QED) is 0.171. The molecule has 0 fully saturated rings. The van der Waals surface area contributed by atoms with Crippen LogP contribution in [0.2, 0.25) is 0 Å². The molecule has 3 heteroatoms. The van der Waals surface area contributed by atoms with Crippen LogP contribution in [0.5, 0.6) is 0 Å². The minimum Gasteiger partial charge on any atom is -0.311 e. The number of hydrogen-bond acceptors (Lipinski definition) is 1. The predicted octanol–water partition coefficient (Wildman–Crippen LogP) is 9.62. The molecule has 0 aliphatic heterocycles. The highest BCUT2D eigenvalue weighted by Gasteiger charge is 2.26. The molecule has 4 aromatic rings. The third-order valence-electron chi connectivity index (χ3n) is 8.32. The van der Waals surface area contributed by atoms with Crippen molar-refractivity contribution in [3.63, 3.8) is 0 Å². The Morgan fingerprint density at radius 1 is 0.875 bits per heavy atom. The molecular weight excluding hydrogens is 486 g/mol. The Bertz CT molecular complexity index is 1580. The first-order valence-corrected chi connectivity index (χ1v) is 14.7. The van der Waals surface area contributed by atoms with Gasteiger partial charge in [0, 0.05) is 19.4 Å². The first-order valence-electron chi connectivity index (χ1n) is 14.7. The van der Waals surface area contributed by atoms with Crippen LogP contribution in [-0.2, 0) is 13.5 Å². The SMILES string of the molecule is [C-]#[N+]C(C)(C)Cc1ccc2c(-c3cc(-c4c(C(C)C)cc(C(C)C)cc4C(C)C)cc(C)c3C)[n+](C)cnc2c1. The van der Waals surface area contributed by atoms with Gasteiger partial charge >= 0.3 is 0 Å². The molecular formula is C37H46N3+. The van der Waals surface area contributed by atoms with E-state index in [4.69, 9.17) is 11.6 Å². The summed E-state index contributed by atoms with van der Waals surface area (Å²) >= 11 is 0. The molecule has 0 saturated carbocycles. The summed E-state index contributed by atoms with van der Waals surface area (Å²) in [5.41, 5.74) is 13.7. The summed E-state index contributed by atoms with van der Waals surface area (Å²) in [7, 11) is 2.09. The predicted molar refractivity (Wildman–Crippen MR) is 170 cm³/mol. The van der Waals surface area contributed by atoms with Crippen LogP contribution in [-0.4, -0.2) is 10.5 Å². The van der Waals surface area contributed by atoms with E-state index in [1.54, 1.807) is 0 Å². The van der Waals surface area contributed by atoms with Crippen molar-refractivity contribution in [1.82, 2.24) is 4.98 Å². The van der Waals surface area contributed by atoms with Crippen molar-refractivity contribution < 1.29 is 4.57 Å². The topological polar surface area (TPSA) is 21.1 Å². The summed E-state index contributed by atoms with van der Waals surface area (Å²) in [6.45, 7) is 29.9. The summed E-state index contributed by atoms with van der Waals surface area (Å²) in [5, 5.41) is 1.14. The lowest BCUT2D eigenvalue weighted by molar-refractivity contribution is -0.662. The Kier molecular flexibility index (Phi) is 8.23. The maximum atomic E-state index is 7.55. The van der Waals surface area contributed by atoms with Crippen LogP contribution in [0.25, 0.3) is 38.1 Å². The molecule has 0 atom stereocenters. The summed E-state index contributed by atoms with van der Waals surface area (Å²) in [6, 6.07) is 16.2. The Morgan fingerprint density at radius 3 is 2.05 bits per heavy atom. The summed E-state index contributed by atoms with van der Waals surface area (Å²) in [4.78, 5) is 8.62. The number of nitrogens with zero attached hydrogens (tertiary/aromatic N) is 3. The molecule has 4 rings (SSSR count). The third kappa shape index (κ3) is 5.68. The maximum absolute atomic E-state index is 7.55. The van der Waals surface area contributed by atoms with E-state index >= 15 is 0 Å². The monoisotopic (exact) mass is 532 g/mol. The second-order valence-electron chi connectivity index (χ2n) is 13.2. The molecule has 0 amide bonds. The largest absolute Gasteiger partial charge is 0.311 e. The van der Waals surface area contributed by atoms with Crippen LogP contribution < -0.4 is 4.57 Å². The number of fused-ring (bicyclic) bond motifs is 1. The number of aryl methyl sites for hydroxylation is 2. The third-order valence-corrected chi connectivity index (χ3v) is 8.32. The molecule has 0 N–H and O–H groups in total. The van der Waals surface area contributed by atoms with Gasteiger partial charge in [-0.3, -0.25) is 0 Å². The smallest absolute Gasteiger partial charge is 0.287 e. The van der Waals surface area contributed by atoms with Gasteiger partial charge < -0.3 is 4.85 Å². The van der Waals surface area contributed by atoms with Gasteiger partial charge in [0.05, 0.1) is 18.9 Å². The van der Waals surface area contributed by atoms with E-state index in [9.17, 15) is 0 Å². The van der Waals surface area contributed by atoms with Crippen molar-refractivity contribution in [3.05, 3.63) is 93.6 Å². The van der Waals surface area contributed by atoms with Crippen molar-refractivity contribution in [2.75, 3.05) is 0 Å². The molecule has 40 heavy (non-hydrogen) atoms. The van der Waals surface area contributed by atoms with Crippen LogP contribution in [0.3, 0.4) is 0 Å². The van der Waals surface area contributed by atoms with E-state index in [0.717, 1.165) is 16.5 Å². The van der Waals surface area contributed by atoms with Gasteiger partial charge in [0.2, 0.25) is 5.54 Å². The zero-order chi connectivity index (χ0) is 29.5. The first-order chi connectivity index (χ1) is 18.7. The van der Waals surface area contributed by atoms with Crippen molar-refractivity contribution in [3.8, 4) is 22.4 Å². The molecule has 1 heterocycles. The highest BCUT2D eigenvalue weighted by Crippen LogP contribution is 2.41. The zero-order valence-electron chi connectivity index (χ0n) is 26.4. The maximum Gasteiger partial charge on any atom is 0.287 e. The van der Waals surface area contributed by atoms with Crippen LogP contribution in [0.15, 0.2) is 48.8 Å². The van der Waals surface area contributed by atoms with E-state index in [-0.39, 0.29) is 0 Å². The van der Waals surface area contributed by atoms with Gasteiger partial charge in [-0.05, 0) is 99.3 Å². The average molecular weight is 533 g/mol. The lowest BCUT2D eigenvalue weighted by Gasteiger charge is -2.24. The molecule has 208 valence electrons. The molecule has 0 aliphatic carbocycles. The molecule has 0 saturated heterocycles. The van der Waals surface area contributed by atoms with Gasteiger partial charge in [0.15, 0.2) is 5.52 Å². The second-order valence-corrected chi connectivity index (χ2v) is 13.2. The van der Waals surface area contributed by atoms with Crippen LogP contribution in [0, 0.1) is 20.4 Å². The second kappa shape index (κ2) is 11.2. The Hall–Kier alpha value is -3.51. The standard InChI is InChI=1S/C37H46N3/c1-22(2)28-17-31(23(3)4)35(32(18-28)24(5)6)29-15-25(7)26(8)33(19-29)36-30-14-13-27(20-37(9,10)38-11)16-34(30)39-21-40(36)12/h13-19,21-24H,20H2,1-10,12H3/q+1. The average Bonchev–Trinajstić information content (AvgIpc) is 2.89. The highest BCUT2D eigenvalue weighted by molar-refractivity contribution is 5.93. The normalized spacial score (nSPS) is 12.1. The first kappa shape index (κ1) is 29.5. The van der Waals surface area contributed by atoms with E-state index < -0.39 is 5.54 Å². The van der Waals surface area contributed by atoms with E-state index in [2.05, 4.69) is 114 Å². The minimum absolute atomic E-state index is 0.423. The minimum atomic E-state index is -0.425. The molecule has 0 bridgehead atoms. The molecule has 3 nitrogen and oxygen atoms in total. The van der Waals surface area contributed by atoms with Crippen LogP contribution >= 0.6 is 0 Å². The van der Waals surface area contributed by atoms with Gasteiger partial charge in [0.25, 0.3) is 6.33 Å². The molecule has 0 unspecified atom stereocenters. The van der Waals surface area contributed by atoms with Crippen molar-refractivity contribution in [1.29, 1.82) is 0 Å². The molecule has 1 aromatic heterocycles. The summed E-state index contributed by atoms with van der Waals surface area (Å²) in [5.74, 6) is 1.34. The molecule has 0 radical (unpaired) electrons. The number of aromatic nitrogens is 2. The summed E-state index contributed by atoms with van der Waals surface area (Å²) in [6.07, 6.45) is 2.64. The fourth-order valence-electron chi connectivity index (χ4n) is 5.80. The summed E-state index contributed by atoms with van der Waals surface area (Å²) < 4.78 is 2.16. The van der Waals surface area contributed by atoms with Gasteiger partial charge in [-0.15, -0.1) is 0 Å². The lowest BCUT2D eigenvalue weighted by atomic mass is 9.80. The van der Waals surface area contributed by atoms with Crippen molar-refractivity contribution in [2.45, 2.75) is 99.0 Å². The fraction of sp³-hybridized carbons (Fsp3) is 0.432. The fourth-order valence-corrected chi connectivity index (χ4v) is 5.80. The zero-order valence-corrected chi connectivity index (χ0v) is 26.4. The highest BCUT2D eigenvalue weighted by atomic mass is 15.0. The molecule has 3 aromatic carbocycles. The van der Waals surface area contributed by atoms with Crippen LogP contribution in [0.1, 0.15) is 107 Å². The van der Waals surface area contributed by atoms with Gasteiger partial charge in [-0.1, -0.05) is 65.8 Å². The molecule has 0 aliphatic rings. The number of hydrogen-bond donors (Lipinski definition) is 0. The Morgan fingerprint density at radius 2 is 1.50 bits per heavy atom. The molecule has 0 spiro atoms. The van der Waals surface area contributed by atoms with E-state index in [1.165, 1.54) is 50.2 Å². The Balaban J connectivity index is 2.00. The lowest BCUT2D eigenvalue weighted by Crippen LogP contribution is -2.32. The van der Waals surface area contributed by atoms with Gasteiger partial charge in [0.1, 0.15) is 5.69 Å².